The minimum absolute atomic E-state index is 0.287. The summed E-state index contributed by atoms with van der Waals surface area (Å²) in [6.07, 6.45) is 0.291. The largest absolute Gasteiger partial charge is 0.480 e. The third-order valence-electron chi connectivity index (χ3n) is 2.17. The molecule has 5 nitrogen and oxygen atoms in total. The third kappa shape index (κ3) is 0.809. The lowest BCUT2D eigenvalue weighted by Gasteiger charge is -2.05. The molecule has 1 fully saturated rings. The second-order valence-electron chi connectivity index (χ2n) is 2.93. The van der Waals surface area contributed by atoms with Crippen LogP contribution in [0.25, 0.3) is 0 Å². The number of hydrogen-bond donors (Lipinski definition) is 2. The minimum atomic E-state index is -3.22. The fourth-order valence-electron chi connectivity index (χ4n) is 1.29. The van der Waals surface area contributed by atoms with Gasteiger partial charge in [-0.3, -0.25) is 9.89 Å². The number of carbonyl (C=O) groups is 1. The Morgan fingerprint density at radius 2 is 2.31 bits per heavy atom. The number of alkyl halides is 2. The van der Waals surface area contributed by atoms with Crippen LogP contribution < -0.4 is 0 Å². The van der Waals surface area contributed by atoms with Crippen molar-refractivity contribution in [3.05, 3.63) is 12.2 Å². The normalized spacial score (nSPS) is 30.0. The van der Waals surface area contributed by atoms with Crippen molar-refractivity contribution in [2.45, 2.75) is 17.8 Å². The molecule has 0 aromatic carbocycles. The molecule has 1 aliphatic rings. The molecule has 13 heavy (non-hydrogen) atoms. The third-order valence-corrected chi connectivity index (χ3v) is 2.17. The number of halogens is 2. The highest BCUT2D eigenvalue weighted by Crippen LogP contribution is 2.60. The summed E-state index contributed by atoms with van der Waals surface area (Å²) in [4.78, 5) is 14.1. The zero-order valence-electron chi connectivity index (χ0n) is 6.29. The van der Waals surface area contributed by atoms with E-state index in [1.54, 1.807) is 0 Å². The molecule has 0 spiro atoms. The molecule has 0 radical (unpaired) electrons. The number of nitrogens with one attached hydrogen (secondary N) is 1. The number of carboxylic acid groups (broad SMARTS) is 1. The van der Waals surface area contributed by atoms with Crippen molar-refractivity contribution in [3.63, 3.8) is 0 Å². The Balaban J connectivity index is 2.45. The molecule has 0 bridgehead atoms. The van der Waals surface area contributed by atoms with E-state index in [9.17, 15) is 13.6 Å². The van der Waals surface area contributed by atoms with Crippen molar-refractivity contribution in [3.8, 4) is 0 Å². The Morgan fingerprint density at radius 3 is 2.62 bits per heavy atom. The van der Waals surface area contributed by atoms with Gasteiger partial charge in [0.25, 0.3) is 5.92 Å². The van der Waals surface area contributed by atoms with Crippen molar-refractivity contribution < 1.29 is 18.7 Å². The smallest absolute Gasteiger partial charge is 0.323 e. The molecule has 1 unspecified atom stereocenters. The fourth-order valence-corrected chi connectivity index (χ4v) is 1.29. The van der Waals surface area contributed by atoms with E-state index in [1.807, 2.05) is 0 Å². The molecular weight excluding hydrogens is 184 g/mol. The highest BCUT2D eigenvalue weighted by atomic mass is 19.3. The van der Waals surface area contributed by atoms with Crippen molar-refractivity contribution in [1.82, 2.24) is 15.2 Å². The van der Waals surface area contributed by atoms with Crippen LogP contribution in [0.15, 0.2) is 6.33 Å². The molecule has 0 aliphatic heterocycles. The molecule has 1 saturated carbocycles. The minimum Gasteiger partial charge on any atom is -0.480 e. The van der Waals surface area contributed by atoms with Gasteiger partial charge in [0.1, 0.15) is 12.2 Å². The number of aromatic amines is 1. The van der Waals surface area contributed by atoms with Crippen molar-refractivity contribution in [2.24, 2.45) is 0 Å². The van der Waals surface area contributed by atoms with E-state index in [0.29, 0.717) is 0 Å². The van der Waals surface area contributed by atoms with Crippen LogP contribution in [0.4, 0.5) is 8.78 Å². The highest BCUT2D eigenvalue weighted by molar-refractivity contribution is 5.86. The summed E-state index contributed by atoms with van der Waals surface area (Å²) in [5, 5.41) is 14.1. The van der Waals surface area contributed by atoms with Gasteiger partial charge >= 0.3 is 5.97 Å². The second-order valence-corrected chi connectivity index (χ2v) is 2.93. The van der Waals surface area contributed by atoms with E-state index in [0.717, 1.165) is 6.33 Å². The van der Waals surface area contributed by atoms with E-state index in [-0.39, 0.29) is 5.82 Å². The van der Waals surface area contributed by atoms with Gasteiger partial charge in [-0.25, -0.2) is 13.8 Å². The average Bonchev–Trinajstić information content (AvgIpc) is 2.52. The van der Waals surface area contributed by atoms with Crippen LogP contribution in [0.1, 0.15) is 12.2 Å². The molecule has 1 aliphatic carbocycles. The van der Waals surface area contributed by atoms with Crippen molar-refractivity contribution in [1.29, 1.82) is 0 Å². The van der Waals surface area contributed by atoms with Gasteiger partial charge in [0.2, 0.25) is 0 Å². The predicted octanol–water partition coefficient (Wildman–Crippen LogP) is 0.166. The number of aromatic nitrogens is 3. The maximum absolute atomic E-state index is 12.8. The predicted molar refractivity (Wildman–Crippen MR) is 35.3 cm³/mol. The standard InChI is InChI=1S/C6H5F2N3O2/c7-6(8)1-5(6,4(12)13)3-9-2-10-11-3/h2H,1H2,(H,12,13)(H,9,10,11). The lowest BCUT2D eigenvalue weighted by atomic mass is 10.1. The van der Waals surface area contributed by atoms with Gasteiger partial charge in [0, 0.05) is 6.42 Å². The summed E-state index contributed by atoms with van der Waals surface area (Å²) >= 11 is 0. The second kappa shape index (κ2) is 2.04. The molecule has 1 heterocycles. The van der Waals surface area contributed by atoms with Crippen molar-refractivity contribution in [2.75, 3.05) is 0 Å². The van der Waals surface area contributed by atoms with Gasteiger partial charge in [-0.2, -0.15) is 5.10 Å². The first-order valence-corrected chi connectivity index (χ1v) is 3.48. The molecular formula is C6H5F2N3O2. The fraction of sp³-hybridized carbons (Fsp3) is 0.500. The average molecular weight is 189 g/mol. The molecule has 2 rings (SSSR count). The molecule has 1 aromatic rings. The Kier molecular flexibility index (Phi) is 1.27. The van der Waals surface area contributed by atoms with Crippen LogP contribution in [0, 0.1) is 0 Å². The summed E-state index contributed by atoms with van der Waals surface area (Å²) in [6, 6.07) is 0. The first-order valence-electron chi connectivity index (χ1n) is 3.48. The summed E-state index contributed by atoms with van der Waals surface area (Å²) in [7, 11) is 0. The zero-order chi connectivity index (χ0) is 9.69. The number of hydrogen-bond acceptors (Lipinski definition) is 3. The molecule has 70 valence electrons. The topological polar surface area (TPSA) is 78.9 Å². The number of carboxylic acids is 1. The van der Waals surface area contributed by atoms with Crippen LogP contribution in [0.2, 0.25) is 0 Å². The van der Waals surface area contributed by atoms with Gasteiger partial charge in [-0.05, 0) is 0 Å². The number of rotatable bonds is 2. The molecule has 1 atom stereocenters. The van der Waals surface area contributed by atoms with E-state index < -0.39 is 23.7 Å². The van der Waals surface area contributed by atoms with Crippen LogP contribution in [0.5, 0.6) is 0 Å². The summed E-state index contributed by atoms with van der Waals surface area (Å²) in [5.41, 5.74) is -2.18. The number of H-pyrrole nitrogens is 1. The van der Waals surface area contributed by atoms with Crippen LogP contribution in [0.3, 0.4) is 0 Å². The maximum Gasteiger partial charge on any atom is 0.323 e. The molecule has 2 N–H and O–H groups in total. The monoisotopic (exact) mass is 189 g/mol. The number of nitrogens with zero attached hydrogens (tertiary/aromatic N) is 2. The number of aliphatic carboxylic acids is 1. The van der Waals surface area contributed by atoms with E-state index in [2.05, 4.69) is 15.2 Å². The van der Waals surface area contributed by atoms with Gasteiger partial charge in [0.05, 0.1) is 0 Å². The van der Waals surface area contributed by atoms with E-state index in [4.69, 9.17) is 5.11 Å². The quantitative estimate of drug-likeness (QED) is 0.694. The lowest BCUT2D eigenvalue weighted by Crippen LogP contribution is -2.28. The Labute approximate surface area is 70.8 Å². The van der Waals surface area contributed by atoms with Gasteiger partial charge in [0.15, 0.2) is 5.41 Å². The zero-order valence-corrected chi connectivity index (χ0v) is 6.29. The molecule has 1 aromatic heterocycles. The highest BCUT2D eigenvalue weighted by Gasteiger charge is 2.79. The molecule has 0 amide bonds. The SMILES string of the molecule is O=C(O)C1(c2ncn[nH]2)CC1(F)F. The van der Waals surface area contributed by atoms with Crippen molar-refractivity contribution >= 4 is 5.97 Å². The van der Waals surface area contributed by atoms with Gasteiger partial charge < -0.3 is 5.11 Å². The summed E-state index contributed by atoms with van der Waals surface area (Å²) < 4.78 is 25.6. The Morgan fingerprint density at radius 1 is 1.69 bits per heavy atom. The van der Waals surface area contributed by atoms with Gasteiger partial charge in [-0.1, -0.05) is 0 Å². The van der Waals surface area contributed by atoms with E-state index in [1.165, 1.54) is 0 Å². The first kappa shape index (κ1) is 8.09. The van der Waals surface area contributed by atoms with Crippen LogP contribution >= 0.6 is 0 Å². The summed E-state index contributed by atoms with van der Waals surface area (Å²) in [5.74, 6) is -5.09. The molecule has 7 heteroatoms. The Bertz CT molecular complexity index is 351. The maximum atomic E-state index is 12.8. The summed E-state index contributed by atoms with van der Waals surface area (Å²) in [6.45, 7) is 0. The first-order chi connectivity index (χ1) is 6.01. The van der Waals surface area contributed by atoms with Crippen LogP contribution in [-0.2, 0) is 10.2 Å². The Hall–Kier alpha value is -1.53. The van der Waals surface area contributed by atoms with Crippen LogP contribution in [-0.4, -0.2) is 32.2 Å². The lowest BCUT2D eigenvalue weighted by molar-refractivity contribution is -0.143. The van der Waals surface area contributed by atoms with Gasteiger partial charge in [-0.15, -0.1) is 0 Å². The van der Waals surface area contributed by atoms with E-state index >= 15 is 0 Å². The molecule has 0 saturated heterocycles.